The number of thioether (sulfide) groups is 1. The molecule has 0 saturated carbocycles. The number of carbonyl (C=O) groups excluding carboxylic acids is 1. The molecule has 22 heavy (non-hydrogen) atoms. The van der Waals surface area contributed by atoms with Gasteiger partial charge in [0.1, 0.15) is 5.76 Å². The van der Waals surface area contributed by atoms with Gasteiger partial charge in [-0.15, -0.1) is 10.2 Å². The molecule has 2 aromatic rings. The van der Waals surface area contributed by atoms with Gasteiger partial charge in [-0.2, -0.15) is 0 Å². The fourth-order valence-corrected chi connectivity index (χ4v) is 2.55. The molecular weight excluding hydrogens is 306 g/mol. The Labute approximate surface area is 132 Å². The number of hydrogen-bond donors (Lipinski definition) is 2. The van der Waals surface area contributed by atoms with E-state index < -0.39 is 0 Å². The van der Waals surface area contributed by atoms with Gasteiger partial charge in [0.05, 0.1) is 19.8 Å². The van der Waals surface area contributed by atoms with Crippen molar-refractivity contribution in [3.8, 4) is 0 Å². The predicted octanol–water partition coefficient (Wildman–Crippen LogP) is 0.692. The summed E-state index contributed by atoms with van der Waals surface area (Å²) in [7, 11) is 4.08. The van der Waals surface area contributed by atoms with E-state index in [9.17, 15) is 4.79 Å². The average Bonchev–Trinajstić information content (AvgIpc) is 3.07. The van der Waals surface area contributed by atoms with Gasteiger partial charge in [-0.25, -0.2) is 0 Å². The summed E-state index contributed by atoms with van der Waals surface area (Å²) < 4.78 is 10.5. The number of amides is 1. The summed E-state index contributed by atoms with van der Waals surface area (Å²) in [5.41, 5.74) is 0. The van der Waals surface area contributed by atoms with E-state index in [0.29, 0.717) is 22.7 Å². The van der Waals surface area contributed by atoms with E-state index in [1.807, 2.05) is 14.1 Å². The molecule has 1 amide bonds. The third kappa shape index (κ3) is 4.31. The zero-order valence-electron chi connectivity index (χ0n) is 13.0. The fourth-order valence-electron chi connectivity index (χ4n) is 1.98. The van der Waals surface area contributed by atoms with Crippen LogP contribution in [0.4, 0.5) is 5.82 Å². The molecule has 0 bridgehead atoms. The van der Waals surface area contributed by atoms with Gasteiger partial charge in [0, 0.05) is 12.5 Å². The van der Waals surface area contributed by atoms with Crippen molar-refractivity contribution in [2.24, 2.45) is 0 Å². The van der Waals surface area contributed by atoms with Crippen LogP contribution in [0.5, 0.6) is 0 Å². The summed E-state index contributed by atoms with van der Waals surface area (Å²) in [6, 6.07) is 1.81. The molecule has 2 heterocycles. The molecule has 2 N–H and O–H groups in total. The van der Waals surface area contributed by atoms with Gasteiger partial charge >= 0.3 is 0 Å². The summed E-state index contributed by atoms with van der Waals surface area (Å²) in [4.78, 5) is 13.0. The van der Waals surface area contributed by atoms with E-state index in [2.05, 4.69) is 27.6 Å². The molecular formula is C13H20N5O3S+. The Hall–Kier alpha value is -1.87. The highest BCUT2D eigenvalue weighted by Crippen LogP contribution is 2.20. The smallest absolute Gasteiger partial charge is 0.277 e. The first kappa shape index (κ1) is 16.5. The van der Waals surface area contributed by atoms with Gasteiger partial charge in [-0.3, -0.25) is 4.79 Å². The summed E-state index contributed by atoms with van der Waals surface area (Å²) >= 11 is 1.20. The monoisotopic (exact) mass is 326 g/mol. The Kier molecular flexibility index (Phi) is 5.56. The van der Waals surface area contributed by atoms with Crippen molar-refractivity contribution in [1.82, 2.24) is 15.4 Å². The topological polar surface area (TPSA) is 98.5 Å². The zero-order chi connectivity index (χ0) is 16.1. The first-order chi connectivity index (χ1) is 10.5. The summed E-state index contributed by atoms with van der Waals surface area (Å²) in [5, 5.41) is 14.7. The molecule has 1 atom stereocenters. The first-order valence-electron chi connectivity index (χ1n) is 6.99. The normalized spacial score (nSPS) is 12.6. The van der Waals surface area contributed by atoms with Crippen molar-refractivity contribution in [3.63, 3.8) is 0 Å². The zero-order valence-corrected chi connectivity index (χ0v) is 13.9. The summed E-state index contributed by atoms with van der Waals surface area (Å²) in [5.74, 6) is 1.60. The largest absolute Gasteiger partial charge is 0.410 e. The number of nitrogens with one attached hydrogen (secondary N) is 2. The summed E-state index contributed by atoms with van der Waals surface area (Å²) in [6.07, 6.45) is 0.903. The van der Waals surface area contributed by atoms with Crippen LogP contribution in [0.1, 0.15) is 31.0 Å². The van der Waals surface area contributed by atoms with Crippen LogP contribution in [0, 0.1) is 6.92 Å². The van der Waals surface area contributed by atoms with Gasteiger partial charge < -0.3 is 19.2 Å². The van der Waals surface area contributed by atoms with Crippen LogP contribution < -0.4 is 10.2 Å². The van der Waals surface area contributed by atoms with Crippen molar-refractivity contribution in [2.45, 2.75) is 31.5 Å². The van der Waals surface area contributed by atoms with Crippen LogP contribution in [0.25, 0.3) is 0 Å². The lowest BCUT2D eigenvalue weighted by atomic mass is 10.2. The lowest BCUT2D eigenvalue weighted by molar-refractivity contribution is -0.894. The Morgan fingerprint density at radius 1 is 1.45 bits per heavy atom. The van der Waals surface area contributed by atoms with E-state index >= 15 is 0 Å². The van der Waals surface area contributed by atoms with Crippen molar-refractivity contribution in [2.75, 3.05) is 25.2 Å². The second kappa shape index (κ2) is 7.41. The number of carbonyl (C=O) groups is 1. The second-order valence-electron chi connectivity index (χ2n) is 5.10. The van der Waals surface area contributed by atoms with Crippen LogP contribution in [0.3, 0.4) is 0 Å². The van der Waals surface area contributed by atoms with Crippen LogP contribution in [0.2, 0.25) is 0 Å². The minimum absolute atomic E-state index is 0.161. The van der Waals surface area contributed by atoms with Gasteiger partial charge in [0.15, 0.2) is 11.9 Å². The number of quaternary nitrogens is 1. The molecule has 2 rings (SSSR count). The molecule has 2 aromatic heterocycles. The molecule has 0 radical (unpaired) electrons. The molecule has 0 saturated heterocycles. The Morgan fingerprint density at radius 3 is 2.82 bits per heavy atom. The molecule has 0 unspecified atom stereocenters. The van der Waals surface area contributed by atoms with E-state index in [-0.39, 0.29) is 17.7 Å². The highest BCUT2D eigenvalue weighted by molar-refractivity contribution is 7.99. The maximum atomic E-state index is 11.8. The number of rotatable bonds is 7. The predicted molar refractivity (Wildman–Crippen MR) is 80.7 cm³/mol. The SMILES string of the molecule is CC[C@H](c1nnc(SCC(=O)Nc2cc(C)on2)o1)[NH+](C)C. The molecule has 0 aromatic carbocycles. The first-order valence-corrected chi connectivity index (χ1v) is 7.97. The third-order valence-electron chi connectivity index (χ3n) is 3.05. The van der Waals surface area contributed by atoms with Crippen LogP contribution >= 0.6 is 11.8 Å². The number of hydrogen-bond acceptors (Lipinski definition) is 7. The highest BCUT2D eigenvalue weighted by Gasteiger charge is 2.22. The number of nitrogens with zero attached hydrogens (tertiary/aromatic N) is 3. The Morgan fingerprint density at radius 2 is 2.23 bits per heavy atom. The fraction of sp³-hybridized carbons (Fsp3) is 0.538. The quantitative estimate of drug-likeness (QED) is 0.722. The van der Waals surface area contributed by atoms with Crippen molar-refractivity contribution >= 4 is 23.5 Å². The van der Waals surface area contributed by atoms with Crippen molar-refractivity contribution < 1.29 is 18.6 Å². The Bertz CT molecular complexity index is 625. The van der Waals surface area contributed by atoms with Crippen molar-refractivity contribution in [1.29, 1.82) is 0 Å². The van der Waals surface area contributed by atoms with Crippen LogP contribution in [-0.4, -0.2) is 41.1 Å². The molecule has 0 aliphatic carbocycles. The maximum absolute atomic E-state index is 11.8. The van der Waals surface area contributed by atoms with Gasteiger partial charge in [0.2, 0.25) is 5.91 Å². The van der Waals surface area contributed by atoms with Crippen molar-refractivity contribution in [3.05, 3.63) is 17.7 Å². The lowest BCUT2D eigenvalue weighted by Crippen LogP contribution is -3.06. The minimum atomic E-state index is -0.205. The van der Waals surface area contributed by atoms with E-state index in [1.54, 1.807) is 13.0 Å². The molecule has 120 valence electrons. The molecule has 9 heteroatoms. The highest BCUT2D eigenvalue weighted by atomic mass is 32.2. The van der Waals surface area contributed by atoms with Gasteiger partial charge in [-0.1, -0.05) is 23.8 Å². The summed E-state index contributed by atoms with van der Waals surface area (Å²) in [6.45, 7) is 3.83. The Balaban J connectivity index is 1.86. The lowest BCUT2D eigenvalue weighted by Gasteiger charge is -2.15. The molecule has 0 spiro atoms. The molecule has 0 aliphatic heterocycles. The minimum Gasteiger partial charge on any atom is -0.410 e. The maximum Gasteiger partial charge on any atom is 0.277 e. The molecule has 8 nitrogen and oxygen atoms in total. The number of aromatic nitrogens is 3. The van der Waals surface area contributed by atoms with Crippen LogP contribution in [-0.2, 0) is 4.79 Å². The number of anilines is 1. The molecule has 0 fully saturated rings. The molecule has 0 aliphatic rings. The second-order valence-corrected chi connectivity index (χ2v) is 6.03. The van der Waals surface area contributed by atoms with Gasteiger partial charge in [0.25, 0.3) is 11.1 Å². The van der Waals surface area contributed by atoms with E-state index in [4.69, 9.17) is 8.94 Å². The number of aryl methyl sites for hydroxylation is 1. The van der Waals surface area contributed by atoms with E-state index in [1.165, 1.54) is 16.7 Å². The standard InChI is InChI=1S/C13H19N5O3S/c1-5-9(18(3)4)12-15-16-13(20-12)22-7-11(19)14-10-6-8(2)21-17-10/h6,9H,5,7H2,1-4H3,(H,14,17,19)/p+1/t9-/m1/s1. The average molecular weight is 326 g/mol. The van der Waals surface area contributed by atoms with E-state index in [0.717, 1.165) is 6.42 Å². The van der Waals surface area contributed by atoms with Crippen LogP contribution in [0.15, 0.2) is 20.2 Å². The van der Waals surface area contributed by atoms with Gasteiger partial charge in [-0.05, 0) is 6.92 Å². The third-order valence-corrected chi connectivity index (χ3v) is 3.87.